The first-order valence-electron chi connectivity index (χ1n) is 4.65. The van der Waals surface area contributed by atoms with Crippen LogP contribution < -0.4 is 5.32 Å². The molecule has 1 aromatic heterocycles. The summed E-state index contributed by atoms with van der Waals surface area (Å²) in [5.41, 5.74) is -0.105. The molecule has 0 aromatic carbocycles. The Morgan fingerprint density at radius 3 is 2.94 bits per heavy atom. The van der Waals surface area contributed by atoms with Gasteiger partial charge >= 0.3 is 5.97 Å². The Bertz CT molecular complexity index is 414. The van der Waals surface area contributed by atoms with Gasteiger partial charge in [-0.3, -0.25) is 4.79 Å². The van der Waals surface area contributed by atoms with E-state index < -0.39 is 5.97 Å². The highest BCUT2D eigenvalue weighted by atomic mass is 32.1. The van der Waals surface area contributed by atoms with Gasteiger partial charge in [-0.05, 0) is 13.3 Å². The zero-order valence-electron chi connectivity index (χ0n) is 8.77. The number of aromatic carboxylic acids is 1. The third kappa shape index (κ3) is 3.16. The average molecular weight is 240 g/mol. The van der Waals surface area contributed by atoms with Gasteiger partial charge in [-0.25, -0.2) is 9.78 Å². The van der Waals surface area contributed by atoms with Crippen molar-refractivity contribution in [2.24, 2.45) is 0 Å². The average Bonchev–Trinajstić information content (AvgIpc) is 2.66. The number of nitrogens with zero attached hydrogens (tertiary/aromatic N) is 1. The number of amides is 1. The molecule has 6 heteroatoms. The first kappa shape index (κ1) is 12.4. The van der Waals surface area contributed by atoms with Gasteiger partial charge < -0.3 is 10.4 Å². The molecule has 0 fully saturated rings. The fourth-order valence-corrected chi connectivity index (χ4v) is 1.76. The van der Waals surface area contributed by atoms with Gasteiger partial charge in [0.1, 0.15) is 0 Å². The predicted octanol–water partition coefficient (Wildman–Crippen LogP) is 1.54. The van der Waals surface area contributed by atoms with Crippen LogP contribution in [0.25, 0.3) is 0 Å². The molecule has 1 rings (SSSR count). The maximum Gasteiger partial charge on any atom is 0.355 e. The monoisotopic (exact) mass is 240 g/mol. The molecule has 0 radical (unpaired) electrons. The largest absolute Gasteiger partial charge is 0.476 e. The molecule has 0 saturated carbocycles. The molecule has 16 heavy (non-hydrogen) atoms. The van der Waals surface area contributed by atoms with Crippen molar-refractivity contribution in [2.45, 2.75) is 19.4 Å². The van der Waals surface area contributed by atoms with Crippen molar-refractivity contribution in [3.8, 4) is 0 Å². The smallest absolute Gasteiger partial charge is 0.355 e. The lowest BCUT2D eigenvalue weighted by atomic mass is 10.2. The molecule has 1 aromatic rings. The number of thiazole rings is 1. The van der Waals surface area contributed by atoms with Crippen molar-refractivity contribution in [1.29, 1.82) is 0 Å². The van der Waals surface area contributed by atoms with Gasteiger partial charge in [0.25, 0.3) is 5.91 Å². The number of hydrogen-bond donors (Lipinski definition) is 2. The van der Waals surface area contributed by atoms with E-state index in [1.165, 1.54) is 5.38 Å². The molecule has 0 aliphatic heterocycles. The van der Waals surface area contributed by atoms with Crippen LogP contribution in [0.3, 0.4) is 0 Å². The Labute approximate surface area is 96.8 Å². The topological polar surface area (TPSA) is 79.3 Å². The van der Waals surface area contributed by atoms with Gasteiger partial charge in [0.05, 0.1) is 0 Å². The summed E-state index contributed by atoms with van der Waals surface area (Å²) in [7, 11) is 0. The highest BCUT2D eigenvalue weighted by Crippen LogP contribution is 2.10. The first-order chi connectivity index (χ1) is 7.54. The molecule has 1 heterocycles. The van der Waals surface area contributed by atoms with Crippen LogP contribution in [-0.2, 0) is 0 Å². The van der Waals surface area contributed by atoms with Crippen LogP contribution in [0.4, 0.5) is 0 Å². The number of nitrogens with one attached hydrogen (secondary N) is 1. The quantitative estimate of drug-likeness (QED) is 0.765. The minimum Gasteiger partial charge on any atom is -0.476 e. The molecule has 0 saturated heterocycles. The summed E-state index contributed by atoms with van der Waals surface area (Å²) in [5, 5.41) is 12.8. The van der Waals surface area contributed by atoms with Crippen molar-refractivity contribution < 1.29 is 14.7 Å². The van der Waals surface area contributed by atoms with Crippen molar-refractivity contribution in [1.82, 2.24) is 10.3 Å². The van der Waals surface area contributed by atoms with Crippen molar-refractivity contribution in [2.75, 3.05) is 0 Å². The van der Waals surface area contributed by atoms with E-state index in [0.717, 1.165) is 11.3 Å². The second kappa shape index (κ2) is 5.41. The van der Waals surface area contributed by atoms with Crippen LogP contribution in [0.15, 0.2) is 18.0 Å². The van der Waals surface area contributed by atoms with Gasteiger partial charge in [-0.15, -0.1) is 17.9 Å². The van der Waals surface area contributed by atoms with E-state index in [0.29, 0.717) is 6.42 Å². The Morgan fingerprint density at radius 2 is 2.44 bits per heavy atom. The fraction of sp³-hybridized carbons (Fsp3) is 0.300. The number of rotatable bonds is 5. The Balaban J connectivity index is 2.65. The molecule has 1 amide bonds. The second-order valence-electron chi connectivity index (χ2n) is 3.24. The molecular weight excluding hydrogens is 228 g/mol. The summed E-state index contributed by atoms with van der Waals surface area (Å²) in [5.74, 6) is -1.48. The van der Waals surface area contributed by atoms with Crippen LogP contribution in [0.5, 0.6) is 0 Å². The molecule has 1 atom stereocenters. The number of hydrogen-bond acceptors (Lipinski definition) is 4. The Morgan fingerprint density at radius 1 is 1.75 bits per heavy atom. The normalized spacial score (nSPS) is 11.8. The summed E-state index contributed by atoms with van der Waals surface area (Å²) in [6.07, 6.45) is 2.36. The van der Waals surface area contributed by atoms with Crippen LogP contribution in [0, 0.1) is 0 Å². The van der Waals surface area contributed by atoms with E-state index >= 15 is 0 Å². The van der Waals surface area contributed by atoms with Gasteiger partial charge in [-0.2, -0.15) is 0 Å². The number of aromatic nitrogens is 1. The zero-order valence-corrected chi connectivity index (χ0v) is 9.58. The van der Waals surface area contributed by atoms with Crippen molar-refractivity contribution in [3.05, 3.63) is 28.7 Å². The number of carbonyl (C=O) groups is 2. The summed E-state index contributed by atoms with van der Waals surface area (Å²) in [6, 6.07) is -0.0396. The summed E-state index contributed by atoms with van der Waals surface area (Å²) < 4.78 is 0. The molecule has 86 valence electrons. The second-order valence-corrected chi connectivity index (χ2v) is 4.10. The molecule has 0 aliphatic carbocycles. The Kier molecular flexibility index (Phi) is 4.19. The van der Waals surface area contributed by atoms with E-state index in [9.17, 15) is 9.59 Å². The van der Waals surface area contributed by atoms with E-state index in [1.54, 1.807) is 6.08 Å². The first-order valence-corrected chi connectivity index (χ1v) is 5.53. The zero-order chi connectivity index (χ0) is 12.1. The molecule has 5 nitrogen and oxygen atoms in total. The lowest BCUT2D eigenvalue weighted by molar-refractivity contribution is 0.0691. The van der Waals surface area contributed by atoms with Crippen LogP contribution >= 0.6 is 11.3 Å². The lowest BCUT2D eigenvalue weighted by Crippen LogP contribution is -2.32. The lowest BCUT2D eigenvalue weighted by Gasteiger charge is -2.09. The summed E-state index contributed by atoms with van der Waals surface area (Å²) in [6.45, 7) is 5.40. The molecule has 0 bridgehead atoms. The van der Waals surface area contributed by atoms with Crippen LogP contribution in [0.1, 0.15) is 33.6 Å². The van der Waals surface area contributed by atoms with E-state index in [-0.39, 0.29) is 22.7 Å². The van der Waals surface area contributed by atoms with Gasteiger partial charge in [-0.1, -0.05) is 6.08 Å². The number of carboxylic acids is 1. The van der Waals surface area contributed by atoms with Crippen molar-refractivity contribution >= 4 is 23.2 Å². The number of carbonyl (C=O) groups excluding carboxylic acids is 1. The summed E-state index contributed by atoms with van der Waals surface area (Å²) in [4.78, 5) is 25.8. The Hall–Kier alpha value is -1.69. The third-order valence-electron chi connectivity index (χ3n) is 1.82. The van der Waals surface area contributed by atoms with Crippen LogP contribution in [0.2, 0.25) is 0 Å². The standard InChI is InChI=1S/C10H12N2O3S/c1-3-4-6(2)11-8(13)9-12-7(5-16-9)10(14)15/h3,5-6H,1,4H2,2H3,(H,11,13)(H,14,15). The molecule has 2 N–H and O–H groups in total. The van der Waals surface area contributed by atoms with Gasteiger partial charge in [0.15, 0.2) is 10.7 Å². The van der Waals surface area contributed by atoms with Gasteiger partial charge in [0.2, 0.25) is 0 Å². The molecule has 0 spiro atoms. The number of carboxylic acid groups (broad SMARTS) is 1. The van der Waals surface area contributed by atoms with E-state index in [2.05, 4.69) is 16.9 Å². The summed E-state index contributed by atoms with van der Waals surface area (Å²) >= 11 is 1.02. The van der Waals surface area contributed by atoms with E-state index in [1.807, 2.05) is 6.92 Å². The maximum atomic E-state index is 11.6. The predicted molar refractivity (Wildman–Crippen MR) is 60.8 cm³/mol. The SMILES string of the molecule is C=CCC(C)NC(=O)c1nc(C(=O)O)cs1. The fourth-order valence-electron chi connectivity index (χ4n) is 1.07. The maximum absolute atomic E-state index is 11.6. The van der Waals surface area contributed by atoms with Gasteiger partial charge in [0, 0.05) is 11.4 Å². The minimum atomic E-state index is -1.13. The van der Waals surface area contributed by atoms with Crippen molar-refractivity contribution in [3.63, 3.8) is 0 Å². The molecule has 0 aliphatic rings. The molecular formula is C10H12N2O3S. The third-order valence-corrected chi connectivity index (χ3v) is 2.66. The highest BCUT2D eigenvalue weighted by Gasteiger charge is 2.15. The van der Waals surface area contributed by atoms with Crippen LogP contribution in [-0.4, -0.2) is 28.0 Å². The minimum absolute atomic E-state index is 0.0396. The molecule has 1 unspecified atom stereocenters. The van der Waals surface area contributed by atoms with E-state index in [4.69, 9.17) is 5.11 Å². The highest BCUT2D eigenvalue weighted by molar-refractivity contribution is 7.11.